The molecule has 0 aliphatic heterocycles. The van der Waals surface area contributed by atoms with E-state index in [0.717, 1.165) is 0 Å². The molecule has 0 bridgehead atoms. The van der Waals surface area contributed by atoms with Gasteiger partial charge >= 0.3 is 0 Å². The molecule has 0 heterocycles. The molecule has 0 aromatic heterocycles. The Kier molecular flexibility index (Phi) is 4.35. The molecule has 0 aliphatic carbocycles. The van der Waals surface area contributed by atoms with Gasteiger partial charge in [-0.2, -0.15) is 0 Å². The number of nitrogens with one attached hydrogen (secondary N) is 1. The van der Waals surface area contributed by atoms with E-state index in [0.29, 0.717) is 17.7 Å². The van der Waals surface area contributed by atoms with E-state index in [1.165, 1.54) is 18.2 Å². The Morgan fingerprint density at radius 2 is 1.70 bits per heavy atom. The van der Waals surface area contributed by atoms with Crippen molar-refractivity contribution in [3.8, 4) is 0 Å². The highest BCUT2D eigenvalue weighted by molar-refractivity contribution is 5.46. The molecule has 0 spiro atoms. The summed E-state index contributed by atoms with van der Waals surface area (Å²) in [4.78, 5) is 0. The summed E-state index contributed by atoms with van der Waals surface area (Å²) in [5.41, 5.74) is 0.484. The van der Waals surface area contributed by atoms with Crippen LogP contribution >= 0.6 is 0 Å². The van der Waals surface area contributed by atoms with E-state index in [1.54, 1.807) is 37.3 Å². The van der Waals surface area contributed by atoms with Gasteiger partial charge in [-0.1, -0.05) is 18.2 Å². The minimum Gasteiger partial charge on any atom is -0.394 e. The summed E-state index contributed by atoms with van der Waals surface area (Å²) < 4.78 is 26.6. The first-order valence-electron chi connectivity index (χ1n) is 6.40. The third kappa shape index (κ3) is 3.54. The number of hydrogen-bond acceptors (Lipinski definition) is 2. The van der Waals surface area contributed by atoms with Crippen molar-refractivity contribution in [2.75, 3.05) is 11.9 Å². The lowest BCUT2D eigenvalue weighted by atomic mass is 9.93. The molecule has 20 heavy (non-hydrogen) atoms. The van der Waals surface area contributed by atoms with Crippen molar-refractivity contribution >= 4 is 5.69 Å². The molecule has 1 unspecified atom stereocenters. The first kappa shape index (κ1) is 14.5. The lowest BCUT2D eigenvalue weighted by Gasteiger charge is -2.30. The van der Waals surface area contributed by atoms with Crippen molar-refractivity contribution in [2.24, 2.45) is 0 Å². The van der Waals surface area contributed by atoms with Crippen LogP contribution in [0.1, 0.15) is 12.5 Å². The number of benzene rings is 2. The average molecular weight is 277 g/mol. The van der Waals surface area contributed by atoms with E-state index in [9.17, 15) is 13.9 Å². The molecule has 4 heteroatoms. The van der Waals surface area contributed by atoms with Crippen LogP contribution in [0.3, 0.4) is 0 Å². The second kappa shape index (κ2) is 6.01. The van der Waals surface area contributed by atoms with E-state index in [2.05, 4.69) is 5.32 Å². The molecule has 2 N–H and O–H groups in total. The molecule has 2 aromatic carbocycles. The maximum absolute atomic E-state index is 13.7. The summed E-state index contributed by atoms with van der Waals surface area (Å²) in [6, 6.07) is 12.3. The second-order valence-electron chi connectivity index (χ2n) is 5.12. The summed E-state index contributed by atoms with van der Waals surface area (Å²) >= 11 is 0. The molecule has 106 valence electrons. The van der Waals surface area contributed by atoms with Gasteiger partial charge in [-0.15, -0.1) is 0 Å². The fourth-order valence-corrected chi connectivity index (χ4v) is 2.08. The van der Waals surface area contributed by atoms with Crippen LogP contribution in [0.4, 0.5) is 14.5 Å². The lowest BCUT2D eigenvalue weighted by Crippen LogP contribution is -2.41. The van der Waals surface area contributed by atoms with Gasteiger partial charge in [-0.25, -0.2) is 8.78 Å². The highest BCUT2D eigenvalue weighted by Gasteiger charge is 2.25. The van der Waals surface area contributed by atoms with Gasteiger partial charge in [0, 0.05) is 12.1 Å². The number of halogens is 2. The van der Waals surface area contributed by atoms with Crippen molar-refractivity contribution in [3.05, 3.63) is 65.7 Å². The SMILES string of the molecule is CC(CO)(Cc1ccccc1F)Nc1ccc(F)cc1. The zero-order valence-corrected chi connectivity index (χ0v) is 11.2. The van der Waals surface area contributed by atoms with Crippen LogP contribution in [0.2, 0.25) is 0 Å². The quantitative estimate of drug-likeness (QED) is 0.878. The van der Waals surface area contributed by atoms with Gasteiger partial charge in [-0.05, 0) is 42.8 Å². The Bertz CT molecular complexity index is 571. The van der Waals surface area contributed by atoms with Crippen molar-refractivity contribution in [2.45, 2.75) is 18.9 Å². The van der Waals surface area contributed by atoms with Crippen molar-refractivity contribution < 1.29 is 13.9 Å². The predicted molar refractivity (Wildman–Crippen MR) is 75.6 cm³/mol. The zero-order valence-electron chi connectivity index (χ0n) is 11.2. The van der Waals surface area contributed by atoms with Gasteiger partial charge in [0.05, 0.1) is 12.1 Å². The first-order chi connectivity index (χ1) is 9.52. The Balaban J connectivity index is 2.17. The number of anilines is 1. The monoisotopic (exact) mass is 277 g/mol. The summed E-state index contributed by atoms with van der Waals surface area (Å²) in [5, 5.41) is 12.7. The first-order valence-corrected chi connectivity index (χ1v) is 6.40. The standard InChI is InChI=1S/C16H17F2NO/c1-16(11-20,10-12-4-2-3-5-15(12)18)19-14-8-6-13(17)7-9-14/h2-9,19-20H,10-11H2,1H3. The Morgan fingerprint density at radius 1 is 1.05 bits per heavy atom. The number of hydrogen-bond donors (Lipinski definition) is 2. The highest BCUT2D eigenvalue weighted by atomic mass is 19.1. The zero-order chi connectivity index (χ0) is 14.6. The maximum Gasteiger partial charge on any atom is 0.126 e. The van der Waals surface area contributed by atoms with Gasteiger partial charge in [0.1, 0.15) is 11.6 Å². The molecule has 0 amide bonds. The smallest absolute Gasteiger partial charge is 0.126 e. The van der Waals surface area contributed by atoms with Gasteiger partial charge < -0.3 is 10.4 Å². The van der Waals surface area contributed by atoms with Crippen LogP contribution in [0, 0.1) is 11.6 Å². The van der Waals surface area contributed by atoms with Crippen LogP contribution in [-0.2, 0) is 6.42 Å². The predicted octanol–water partition coefficient (Wildman–Crippen LogP) is 3.37. The molecular weight excluding hydrogens is 260 g/mol. The third-order valence-corrected chi connectivity index (χ3v) is 3.18. The van der Waals surface area contributed by atoms with Gasteiger partial charge in [-0.3, -0.25) is 0 Å². The minimum atomic E-state index is -0.722. The van der Waals surface area contributed by atoms with Crippen LogP contribution in [0.15, 0.2) is 48.5 Å². The largest absolute Gasteiger partial charge is 0.394 e. The van der Waals surface area contributed by atoms with Gasteiger partial charge in [0.25, 0.3) is 0 Å². The van der Waals surface area contributed by atoms with E-state index < -0.39 is 5.54 Å². The summed E-state index contributed by atoms with van der Waals surface area (Å²) in [6.07, 6.45) is 0.327. The Morgan fingerprint density at radius 3 is 2.30 bits per heavy atom. The van der Waals surface area contributed by atoms with E-state index in [4.69, 9.17) is 0 Å². The summed E-state index contributed by atoms with van der Waals surface area (Å²) in [6.45, 7) is 1.63. The van der Waals surface area contributed by atoms with Crippen LogP contribution in [0.25, 0.3) is 0 Å². The molecule has 0 radical (unpaired) electrons. The van der Waals surface area contributed by atoms with Gasteiger partial charge in [0.2, 0.25) is 0 Å². The number of aliphatic hydroxyl groups is 1. The van der Waals surface area contributed by atoms with Crippen molar-refractivity contribution in [3.63, 3.8) is 0 Å². The number of rotatable bonds is 5. The number of aliphatic hydroxyl groups excluding tert-OH is 1. The topological polar surface area (TPSA) is 32.3 Å². The molecule has 0 saturated carbocycles. The minimum absolute atomic E-state index is 0.168. The molecule has 0 fully saturated rings. The molecule has 0 saturated heterocycles. The molecular formula is C16H17F2NO. The Hall–Kier alpha value is -1.94. The highest BCUT2D eigenvalue weighted by Crippen LogP contribution is 2.21. The normalized spacial score (nSPS) is 13.8. The molecule has 2 aromatic rings. The van der Waals surface area contributed by atoms with Crippen LogP contribution < -0.4 is 5.32 Å². The van der Waals surface area contributed by atoms with Crippen molar-refractivity contribution in [1.82, 2.24) is 0 Å². The molecule has 2 nitrogen and oxygen atoms in total. The fourth-order valence-electron chi connectivity index (χ4n) is 2.08. The van der Waals surface area contributed by atoms with E-state index in [1.807, 2.05) is 0 Å². The maximum atomic E-state index is 13.7. The summed E-state index contributed by atoms with van der Waals surface area (Å²) in [7, 11) is 0. The van der Waals surface area contributed by atoms with Gasteiger partial charge in [0.15, 0.2) is 0 Å². The second-order valence-corrected chi connectivity index (χ2v) is 5.12. The Labute approximate surface area is 117 Å². The lowest BCUT2D eigenvalue weighted by molar-refractivity contribution is 0.221. The molecule has 0 aliphatic rings. The average Bonchev–Trinajstić information content (AvgIpc) is 2.44. The van der Waals surface area contributed by atoms with Crippen LogP contribution in [0.5, 0.6) is 0 Å². The molecule has 2 rings (SSSR count). The fraction of sp³-hybridized carbons (Fsp3) is 0.250. The summed E-state index contributed by atoms with van der Waals surface area (Å²) in [5.74, 6) is -0.622. The van der Waals surface area contributed by atoms with E-state index in [-0.39, 0.29) is 18.2 Å². The molecule has 1 atom stereocenters. The third-order valence-electron chi connectivity index (χ3n) is 3.18. The van der Waals surface area contributed by atoms with E-state index >= 15 is 0 Å². The van der Waals surface area contributed by atoms with Crippen molar-refractivity contribution in [1.29, 1.82) is 0 Å². The van der Waals surface area contributed by atoms with Crippen LogP contribution in [-0.4, -0.2) is 17.3 Å².